The van der Waals surface area contributed by atoms with Crippen LogP contribution in [0.2, 0.25) is 5.02 Å². The maximum atomic E-state index is 12.5. The van der Waals surface area contributed by atoms with Crippen molar-refractivity contribution in [2.75, 3.05) is 38.8 Å². The minimum atomic E-state index is -0.580. The van der Waals surface area contributed by atoms with Crippen LogP contribution in [0.1, 0.15) is 12.8 Å². The Morgan fingerprint density at radius 2 is 2.09 bits per heavy atom. The summed E-state index contributed by atoms with van der Waals surface area (Å²) in [5.41, 5.74) is 0.784. The van der Waals surface area contributed by atoms with Gasteiger partial charge in [-0.25, -0.2) is 0 Å². The molecule has 1 heterocycles. The normalized spacial score (nSPS) is 17.9. The summed E-state index contributed by atoms with van der Waals surface area (Å²) in [5.74, 6) is -0.827. The Labute approximate surface area is 135 Å². The van der Waals surface area contributed by atoms with Crippen molar-refractivity contribution in [3.63, 3.8) is 0 Å². The van der Waals surface area contributed by atoms with Gasteiger partial charge >= 0.3 is 0 Å². The SMILES string of the molecule is COCCCN(C)C(=O)C1CCN(c2ccc(Cl)cc2)C1=O. The van der Waals surface area contributed by atoms with E-state index in [2.05, 4.69) is 0 Å². The lowest BCUT2D eigenvalue weighted by Crippen LogP contribution is -2.38. The summed E-state index contributed by atoms with van der Waals surface area (Å²) in [6.45, 7) is 1.76. The molecule has 120 valence electrons. The Balaban J connectivity index is 1.98. The van der Waals surface area contributed by atoms with E-state index in [1.165, 1.54) is 0 Å². The van der Waals surface area contributed by atoms with Crippen molar-refractivity contribution in [3.05, 3.63) is 29.3 Å². The van der Waals surface area contributed by atoms with Crippen LogP contribution in [0.4, 0.5) is 5.69 Å². The molecule has 2 rings (SSSR count). The molecule has 0 aliphatic carbocycles. The minimum Gasteiger partial charge on any atom is -0.385 e. The van der Waals surface area contributed by atoms with Crippen LogP contribution in [-0.4, -0.2) is 50.6 Å². The van der Waals surface area contributed by atoms with Gasteiger partial charge in [0.15, 0.2) is 0 Å². The van der Waals surface area contributed by atoms with Gasteiger partial charge in [0.25, 0.3) is 0 Å². The number of amides is 2. The van der Waals surface area contributed by atoms with Crippen LogP contribution >= 0.6 is 11.6 Å². The number of rotatable bonds is 6. The van der Waals surface area contributed by atoms with E-state index in [0.29, 0.717) is 31.1 Å². The predicted octanol–water partition coefficient (Wildman–Crippen LogP) is 2.19. The third kappa shape index (κ3) is 3.78. The van der Waals surface area contributed by atoms with Crippen LogP contribution in [0.15, 0.2) is 24.3 Å². The van der Waals surface area contributed by atoms with Gasteiger partial charge in [-0.2, -0.15) is 0 Å². The summed E-state index contributed by atoms with van der Waals surface area (Å²) in [4.78, 5) is 28.2. The Morgan fingerprint density at radius 1 is 1.41 bits per heavy atom. The fraction of sp³-hybridized carbons (Fsp3) is 0.500. The molecular weight excluding hydrogens is 304 g/mol. The van der Waals surface area contributed by atoms with Gasteiger partial charge in [0.1, 0.15) is 5.92 Å². The maximum absolute atomic E-state index is 12.5. The van der Waals surface area contributed by atoms with E-state index in [1.54, 1.807) is 48.2 Å². The second-order valence-electron chi connectivity index (χ2n) is 5.41. The summed E-state index contributed by atoms with van der Waals surface area (Å²) in [6.07, 6.45) is 1.31. The fourth-order valence-electron chi connectivity index (χ4n) is 2.61. The van der Waals surface area contributed by atoms with Gasteiger partial charge in [0, 0.05) is 44.6 Å². The van der Waals surface area contributed by atoms with Crippen molar-refractivity contribution in [2.24, 2.45) is 5.92 Å². The van der Waals surface area contributed by atoms with Crippen molar-refractivity contribution in [1.29, 1.82) is 0 Å². The average Bonchev–Trinajstić information content (AvgIpc) is 2.89. The lowest BCUT2D eigenvalue weighted by atomic mass is 10.1. The van der Waals surface area contributed by atoms with E-state index in [-0.39, 0.29) is 11.8 Å². The number of hydrogen-bond donors (Lipinski definition) is 0. The zero-order chi connectivity index (χ0) is 16.1. The number of nitrogens with zero attached hydrogens (tertiary/aromatic N) is 2. The first-order chi connectivity index (χ1) is 10.5. The Hall–Kier alpha value is -1.59. The smallest absolute Gasteiger partial charge is 0.239 e. The molecule has 1 unspecified atom stereocenters. The van der Waals surface area contributed by atoms with Gasteiger partial charge in [0.2, 0.25) is 11.8 Å². The van der Waals surface area contributed by atoms with Crippen molar-refractivity contribution < 1.29 is 14.3 Å². The molecule has 0 N–H and O–H groups in total. The van der Waals surface area contributed by atoms with Gasteiger partial charge in [-0.1, -0.05) is 11.6 Å². The number of methoxy groups -OCH3 is 1. The number of benzene rings is 1. The van der Waals surface area contributed by atoms with Crippen LogP contribution in [0, 0.1) is 5.92 Å². The molecule has 22 heavy (non-hydrogen) atoms. The van der Waals surface area contributed by atoms with Crippen molar-refractivity contribution in [3.8, 4) is 0 Å². The number of carbonyl (C=O) groups is 2. The largest absolute Gasteiger partial charge is 0.385 e. The maximum Gasteiger partial charge on any atom is 0.239 e. The minimum absolute atomic E-state index is 0.113. The number of carbonyl (C=O) groups excluding carboxylic acids is 2. The molecule has 1 aromatic rings. The third-order valence-electron chi connectivity index (χ3n) is 3.86. The van der Waals surface area contributed by atoms with Crippen molar-refractivity contribution >= 4 is 29.1 Å². The number of ether oxygens (including phenoxy) is 1. The zero-order valence-corrected chi connectivity index (χ0v) is 13.7. The first-order valence-electron chi connectivity index (χ1n) is 7.35. The molecule has 0 radical (unpaired) electrons. The van der Waals surface area contributed by atoms with Crippen LogP contribution < -0.4 is 4.90 Å². The van der Waals surface area contributed by atoms with E-state index in [0.717, 1.165) is 12.1 Å². The molecule has 0 spiro atoms. The van der Waals surface area contributed by atoms with Crippen LogP contribution in [0.25, 0.3) is 0 Å². The van der Waals surface area contributed by atoms with Crippen molar-refractivity contribution in [2.45, 2.75) is 12.8 Å². The van der Waals surface area contributed by atoms with Gasteiger partial charge in [0.05, 0.1) is 0 Å². The van der Waals surface area contributed by atoms with Crippen LogP contribution in [0.5, 0.6) is 0 Å². The van der Waals surface area contributed by atoms with Crippen molar-refractivity contribution in [1.82, 2.24) is 4.90 Å². The summed E-state index contributed by atoms with van der Waals surface area (Å²) in [5, 5.41) is 0.626. The highest BCUT2D eigenvalue weighted by atomic mass is 35.5. The highest BCUT2D eigenvalue weighted by Crippen LogP contribution is 2.27. The Kier molecular flexibility index (Phi) is 5.80. The van der Waals surface area contributed by atoms with E-state index in [1.807, 2.05) is 0 Å². The lowest BCUT2D eigenvalue weighted by Gasteiger charge is -2.21. The average molecular weight is 325 g/mol. The molecule has 0 bridgehead atoms. The van der Waals surface area contributed by atoms with Gasteiger partial charge in [-0.3, -0.25) is 9.59 Å². The van der Waals surface area contributed by atoms with Gasteiger partial charge < -0.3 is 14.5 Å². The first-order valence-corrected chi connectivity index (χ1v) is 7.73. The standard InChI is InChI=1S/C16H21ClN2O3/c1-18(9-3-11-22-2)15(20)14-8-10-19(16(14)21)13-6-4-12(17)5-7-13/h4-7,14H,3,8-11H2,1-2H3. The Morgan fingerprint density at radius 3 is 2.73 bits per heavy atom. The zero-order valence-electron chi connectivity index (χ0n) is 12.9. The second kappa shape index (κ2) is 7.61. The quantitative estimate of drug-likeness (QED) is 0.595. The predicted molar refractivity (Wildman–Crippen MR) is 86.0 cm³/mol. The molecule has 1 saturated heterocycles. The second-order valence-corrected chi connectivity index (χ2v) is 5.85. The molecule has 1 fully saturated rings. The molecule has 0 saturated carbocycles. The van der Waals surface area contributed by atoms with E-state index in [4.69, 9.17) is 16.3 Å². The van der Waals surface area contributed by atoms with E-state index in [9.17, 15) is 9.59 Å². The highest BCUT2D eigenvalue weighted by molar-refractivity contribution is 6.30. The summed E-state index contributed by atoms with van der Waals surface area (Å²) in [6, 6.07) is 7.09. The van der Waals surface area contributed by atoms with Gasteiger partial charge in [-0.05, 0) is 37.1 Å². The van der Waals surface area contributed by atoms with Crippen LogP contribution in [0.3, 0.4) is 0 Å². The molecule has 2 amide bonds. The number of halogens is 1. The summed E-state index contributed by atoms with van der Waals surface area (Å²) < 4.78 is 4.98. The topological polar surface area (TPSA) is 49.9 Å². The number of hydrogen-bond acceptors (Lipinski definition) is 3. The molecule has 0 aromatic heterocycles. The molecule has 6 heteroatoms. The monoisotopic (exact) mass is 324 g/mol. The third-order valence-corrected chi connectivity index (χ3v) is 4.11. The summed E-state index contributed by atoms with van der Waals surface area (Å²) >= 11 is 5.86. The van der Waals surface area contributed by atoms with Gasteiger partial charge in [-0.15, -0.1) is 0 Å². The molecule has 5 nitrogen and oxygen atoms in total. The molecule has 1 aliphatic heterocycles. The molecule has 1 atom stereocenters. The first kappa shape index (κ1) is 16.8. The number of anilines is 1. The highest BCUT2D eigenvalue weighted by Gasteiger charge is 2.38. The van der Waals surface area contributed by atoms with E-state index >= 15 is 0 Å². The lowest BCUT2D eigenvalue weighted by molar-refractivity contribution is -0.138. The molecular formula is C16H21ClN2O3. The Bertz CT molecular complexity index is 533. The molecule has 1 aliphatic rings. The van der Waals surface area contributed by atoms with Crippen LogP contribution in [-0.2, 0) is 14.3 Å². The molecule has 1 aromatic carbocycles. The summed E-state index contributed by atoms with van der Waals surface area (Å²) in [7, 11) is 3.36. The fourth-order valence-corrected chi connectivity index (χ4v) is 2.73. The van der Waals surface area contributed by atoms with E-state index < -0.39 is 5.92 Å².